The number of ether oxygens (including phenoxy) is 1. The van der Waals surface area contributed by atoms with Crippen molar-refractivity contribution in [1.29, 1.82) is 5.26 Å². The lowest BCUT2D eigenvalue weighted by atomic mass is 9.61. The zero-order valence-corrected chi connectivity index (χ0v) is 11.7. The summed E-state index contributed by atoms with van der Waals surface area (Å²) in [5, 5.41) is 20.2. The van der Waals surface area contributed by atoms with Crippen LogP contribution in [-0.4, -0.2) is 17.8 Å². The molecule has 104 valence electrons. The van der Waals surface area contributed by atoms with E-state index < -0.39 is 5.60 Å². The quantitative estimate of drug-likeness (QED) is 0.897. The average molecular weight is 269 g/mol. The first-order valence-corrected chi connectivity index (χ1v) is 7.12. The van der Waals surface area contributed by atoms with E-state index in [1.165, 1.54) is 0 Å². The van der Waals surface area contributed by atoms with E-state index in [0.717, 1.165) is 42.6 Å². The van der Waals surface area contributed by atoms with Gasteiger partial charge in [-0.3, -0.25) is 0 Å². The molecule has 1 saturated carbocycles. The van der Waals surface area contributed by atoms with E-state index in [9.17, 15) is 5.11 Å². The third-order valence-corrected chi connectivity index (χ3v) is 4.95. The Morgan fingerprint density at radius 3 is 2.75 bits per heavy atom. The number of nitrogens with zero attached hydrogens (tertiary/aromatic N) is 1. The zero-order chi connectivity index (χ0) is 14.2. The van der Waals surface area contributed by atoms with E-state index in [0.29, 0.717) is 0 Å². The normalized spacial score (nSPS) is 26.2. The predicted molar refractivity (Wildman–Crippen MR) is 77.4 cm³/mol. The van der Waals surface area contributed by atoms with Gasteiger partial charge in [0.1, 0.15) is 11.4 Å². The first-order valence-electron chi connectivity index (χ1n) is 7.12. The maximum atomic E-state index is 11.1. The van der Waals surface area contributed by atoms with E-state index in [1.807, 2.05) is 30.4 Å². The second kappa shape index (κ2) is 4.64. The summed E-state index contributed by atoms with van der Waals surface area (Å²) in [6.45, 7) is 0. The van der Waals surface area contributed by atoms with E-state index in [-0.39, 0.29) is 11.8 Å². The summed E-state index contributed by atoms with van der Waals surface area (Å²) in [6.07, 6.45) is 7.95. The molecule has 0 bridgehead atoms. The van der Waals surface area contributed by atoms with Gasteiger partial charge < -0.3 is 9.84 Å². The molecular weight excluding hydrogens is 250 g/mol. The minimum Gasteiger partial charge on any atom is -0.497 e. The molecule has 20 heavy (non-hydrogen) atoms. The van der Waals surface area contributed by atoms with Gasteiger partial charge in [0.15, 0.2) is 0 Å². The molecule has 0 heterocycles. The molecule has 2 aliphatic rings. The van der Waals surface area contributed by atoms with Gasteiger partial charge >= 0.3 is 0 Å². The first kappa shape index (κ1) is 13.2. The summed E-state index contributed by atoms with van der Waals surface area (Å²) in [5.74, 6) is 0.810. The van der Waals surface area contributed by atoms with Crippen LogP contribution in [0.15, 0.2) is 24.3 Å². The van der Waals surface area contributed by atoms with Crippen molar-refractivity contribution in [3.05, 3.63) is 35.4 Å². The number of hydrogen-bond donors (Lipinski definition) is 1. The Balaban J connectivity index is 2.20. The molecule has 0 aromatic heterocycles. The van der Waals surface area contributed by atoms with Crippen molar-refractivity contribution in [1.82, 2.24) is 0 Å². The maximum Gasteiger partial charge on any atom is 0.119 e. The molecule has 1 spiro atoms. The van der Waals surface area contributed by atoms with Crippen molar-refractivity contribution in [3.8, 4) is 11.8 Å². The van der Waals surface area contributed by atoms with Crippen LogP contribution >= 0.6 is 0 Å². The van der Waals surface area contributed by atoms with Crippen LogP contribution in [0.25, 0.3) is 6.08 Å². The van der Waals surface area contributed by atoms with Gasteiger partial charge in [0.05, 0.1) is 19.6 Å². The minimum absolute atomic E-state index is 0.139. The van der Waals surface area contributed by atoms with Crippen LogP contribution in [0.1, 0.15) is 43.2 Å². The van der Waals surface area contributed by atoms with Gasteiger partial charge in [-0.15, -0.1) is 0 Å². The number of benzene rings is 1. The SMILES string of the molecule is COc1ccc2c(c1)C1(CCCC1)C(O)(CC#N)C=C2. The third kappa shape index (κ3) is 1.68. The van der Waals surface area contributed by atoms with Crippen LogP contribution in [0.2, 0.25) is 0 Å². The Morgan fingerprint density at radius 1 is 1.35 bits per heavy atom. The van der Waals surface area contributed by atoms with Crippen molar-refractivity contribution in [2.45, 2.75) is 43.1 Å². The molecule has 0 amide bonds. The Labute approximate surface area is 119 Å². The van der Waals surface area contributed by atoms with Crippen LogP contribution in [0.4, 0.5) is 0 Å². The van der Waals surface area contributed by atoms with E-state index in [1.54, 1.807) is 7.11 Å². The molecule has 1 atom stereocenters. The summed E-state index contributed by atoms with van der Waals surface area (Å²) in [4.78, 5) is 0. The number of fused-ring (bicyclic) bond motifs is 2. The minimum atomic E-state index is -1.06. The highest BCUT2D eigenvalue weighted by Gasteiger charge is 2.53. The Morgan fingerprint density at radius 2 is 2.10 bits per heavy atom. The standard InChI is InChI=1S/C17H19NO2/c1-20-14-5-4-13-6-9-17(19,10-11-18)16(15(13)12-14)7-2-3-8-16/h4-6,9,12,19H,2-3,7-8,10H2,1H3. The number of hydrogen-bond acceptors (Lipinski definition) is 3. The Kier molecular flexibility index (Phi) is 3.07. The molecule has 0 radical (unpaired) electrons. The van der Waals surface area contributed by atoms with Crippen molar-refractivity contribution in [2.75, 3.05) is 7.11 Å². The van der Waals surface area contributed by atoms with Gasteiger partial charge in [-0.2, -0.15) is 5.26 Å². The van der Waals surface area contributed by atoms with Gasteiger partial charge in [0, 0.05) is 5.41 Å². The largest absolute Gasteiger partial charge is 0.497 e. The summed E-state index contributed by atoms with van der Waals surface area (Å²) in [5.41, 5.74) is 0.879. The van der Waals surface area contributed by atoms with Gasteiger partial charge in [0.2, 0.25) is 0 Å². The molecule has 2 aliphatic carbocycles. The molecule has 0 aliphatic heterocycles. The monoisotopic (exact) mass is 269 g/mol. The summed E-state index contributed by atoms with van der Waals surface area (Å²) in [6, 6.07) is 8.17. The highest BCUT2D eigenvalue weighted by atomic mass is 16.5. The van der Waals surface area contributed by atoms with Crippen molar-refractivity contribution in [2.24, 2.45) is 0 Å². The van der Waals surface area contributed by atoms with Crippen LogP contribution in [-0.2, 0) is 5.41 Å². The number of rotatable bonds is 2. The fourth-order valence-electron chi connectivity index (χ4n) is 3.87. The summed E-state index contributed by atoms with van der Waals surface area (Å²) >= 11 is 0. The van der Waals surface area contributed by atoms with Crippen molar-refractivity contribution < 1.29 is 9.84 Å². The zero-order valence-electron chi connectivity index (χ0n) is 11.7. The third-order valence-electron chi connectivity index (χ3n) is 4.95. The van der Waals surface area contributed by atoms with Gasteiger partial charge in [0.25, 0.3) is 0 Å². The van der Waals surface area contributed by atoms with Crippen LogP contribution in [0.5, 0.6) is 5.75 Å². The van der Waals surface area contributed by atoms with Gasteiger partial charge in [-0.25, -0.2) is 0 Å². The number of nitriles is 1. The Bertz CT molecular complexity index is 593. The number of methoxy groups -OCH3 is 1. The molecule has 3 rings (SSSR count). The van der Waals surface area contributed by atoms with E-state index in [2.05, 4.69) is 6.07 Å². The Hall–Kier alpha value is -1.79. The molecule has 1 N–H and O–H groups in total. The lowest BCUT2D eigenvalue weighted by Gasteiger charge is -2.46. The van der Waals surface area contributed by atoms with Gasteiger partial charge in [-0.1, -0.05) is 31.1 Å². The summed E-state index contributed by atoms with van der Waals surface area (Å²) < 4.78 is 5.34. The molecule has 3 heteroatoms. The predicted octanol–water partition coefficient (Wildman–Crippen LogP) is 3.18. The fraction of sp³-hybridized carbons (Fsp3) is 0.471. The molecule has 3 nitrogen and oxygen atoms in total. The van der Waals surface area contributed by atoms with Crippen LogP contribution < -0.4 is 4.74 Å². The van der Waals surface area contributed by atoms with E-state index >= 15 is 0 Å². The summed E-state index contributed by atoms with van der Waals surface area (Å²) in [7, 11) is 1.66. The van der Waals surface area contributed by atoms with Crippen molar-refractivity contribution >= 4 is 6.08 Å². The molecule has 1 aromatic carbocycles. The smallest absolute Gasteiger partial charge is 0.119 e. The highest BCUT2D eigenvalue weighted by Crippen LogP contribution is 2.54. The molecular formula is C17H19NO2. The molecule has 1 aromatic rings. The van der Waals surface area contributed by atoms with Crippen molar-refractivity contribution in [3.63, 3.8) is 0 Å². The lowest BCUT2D eigenvalue weighted by Crippen LogP contribution is -2.50. The number of aliphatic hydroxyl groups is 1. The van der Waals surface area contributed by atoms with Gasteiger partial charge in [-0.05, 0) is 36.1 Å². The molecule has 0 saturated heterocycles. The van der Waals surface area contributed by atoms with Crippen LogP contribution in [0, 0.1) is 11.3 Å². The van der Waals surface area contributed by atoms with E-state index in [4.69, 9.17) is 10.00 Å². The van der Waals surface area contributed by atoms with Crippen LogP contribution in [0.3, 0.4) is 0 Å². The maximum absolute atomic E-state index is 11.1. The fourth-order valence-corrected chi connectivity index (χ4v) is 3.87. The molecule has 1 unspecified atom stereocenters. The first-order chi connectivity index (χ1) is 9.65. The second-order valence-electron chi connectivity index (χ2n) is 5.83. The second-order valence-corrected chi connectivity index (χ2v) is 5.83. The lowest BCUT2D eigenvalue weighted by molar-refractivity contribution is 0.00830. The average Bonchev–Trinajstić information content (AvgIpc) is 2.95. The topological polar surface area (TPSA) is 53.2 Å². The highest BCUT2D eigenvalue weighted by molar-refractivity contribution is 5.64. The molecule has 1 fully saturated rings.